The van der Waals surface area contributed by atoms with Crippen molar-refractivity contribution in [3.8, 4) is 0 Å². The van der Waals surface area contributed by atoms with Crippen molar-refractivity contribution in [2.75, 3.05) is 13.1 Å². The summed E-state index contributed by atoms with van der Waals surface area (Å²) in [5.41, 5.74) is 1.33. The first-order chi connectivity index (χ1) is 8.81. The van der Waals surface area contributed by atoms with Gasteiger partial charge in [-0.2, -0.15) is 0 Å². The lowest BCUT2D eigenvalue weighted by molar-refractivity contribution is 0.797. The van der Waals surface area contributed by atoms with Gasteiger partial charge in [0.2, 0.25) is 0 Å². The molecule has 1 aliphatic rings. The molecule has 1 heterocycles. The van der Waals surface area contributed by atoms with Gasteiger partial charge >= 0.3 is 0 Å². The van der Waals surface area contributed by atoms with Gasteiger partial charge in [0.15, 0.2) is 0 Å². The molecule has 3 heteroatoms. The molecule has 0 saturated heterocycles. The van der Waals surface area contributed by atoms with E-state index in [4.69, 9.17) is 0 Å². The van der Waals surface area contributed by atoms with Crippen LogP contribution in [0.2, 0.25) is 0 Å². The van der Waals surface area contributed by atoms with Crippen LogP contribution in [0, 0.1) is 0 Å². The molecule has 0 fully saturated rings. The van der Waals surface area contributed by atoms with Crippen molar-refractivity contribution < 1.29 is 0 Å². The van der Waals surface area contributed by atoms with Crippen LogP contribution in [0.4, 0.5) is 0 Å². The minimum Gasteiger partial charge on any atom is -0.329 e. The summed E-state index contributed by atoms with van der Waals surface area (Å²) >= 11 is 0. The Labute approximate surface area is 111 Å². The molecule has 3 nitrogen and oxygen atoms in total. The Morgan fingerprint density at radius 1 is 1.06 bits per heavy atom. The monoisotopic (exact) mass is 249 g/mol. The van der Waals surface area contributed by atoms with Gasteiger partial charge in [-0.3, -0.25) is 9.98 Å². The number of rotatable bonds is 7. The van der Waals surface area contributed by atoms with Crippen LogP contribution in [0.3, 0.4) is 0 Å². The van der Waals surface area contributed by atoms with Gasteiger partial charge in [-0.15, -0.1) is 0 Å². The standard InChI is InChI=1S/C15H27N3/c1-4-7-11-16-14-10-9-13(6-3)15(18-14)17-12-8-5-2/h9H,4-8,10-12H2,1-3H3,(H,16,17,18). The van der Waals surface area contributed by atoms with E-state index in [0.717, 1.165) is 50.4 Å². The summed E-state index contributed by atoms with van der Waals surface area (Å²) in [6.45, 7) is 8.42. The highest BCUT2D eigenvalue weighted by Gasteiger charge is 2.13. The van der Waals surface area contributed by atoms with Gasteiger partial charge in [-0.05, 0) is 24.8 Å². The van der Waals surface area contributed by atoms with E-state index in [1.165, 1.54) is 18.4 Å². The van der Waals surface area contributed by atoms with Crippen LogP contribution >= 0.6 is 0 Å². The summed E-state index contributed by atoms with van der Waals surface area (Å²) in [6, 6.07) is 0. The number of aliphatic imine (C=N–C) groups is 2. The number of nitrogens with one attached hydrogen (secondary N) is 1. The highest BCUT2D eigenvalue weighted by atomic mass is 15.1. The summed E-state index contributed by atoms with van der Waals surface area (Å²) in [5, 5.41) is 3.40. The van der Waals surface area contributed by atoms with Gasteiger partial charge in [0.05, 0.1) is 0 Å². The largest absolute Gasteiger partial charge is 0.329 e. The molecule has 0 aliphatic carbocycles. The maximum absolute atomic E-state index is 4.66. The van der Waals surface area contributed by atoms with Gasteiger partial charge in [-0.25, -0.2) is 0 Å². The van der Waals surface area contributed by atoms with E-state index in [-0.39, 0.29) is 0 Å². The number of hydrogen-bond acceptors (Lipinski definition) is 2. The average Bonchev–Trinajstić information content (AvgIpc) is 2.40. The van der Waals surface area contributed by atoms with Crippen molar-refractivity contribution in [3.63, 3.8) is 0 Å². The summed E-state index contributed by atoms with van der Waals surface area (Å²) < 4.78 is 0. The molecule has 1 N–H and O–H groups in total. The normalized spacial score (nSPS) is 20.1. The van der Waals surface area contributed by atoms with Crippen LogP contribution < -0.4 is 5.32 Å². The molecule has 102 valence electrons. The molecule has 0 saturated carbocycles. The lowest BCUT2D eigenvalue weighted by atomic mass is 10.1. The fourth-order valence-corrected chi connectivity index (χ4v) is 1.86. The van der Waals surface area contributed by atoms with Crippen LogP contribution in [0.5, 0.6) is 0 Å². The summed E-state index contributed by atoms with van der Waals surface area (Å²) in [7, 11) is 0. The zero-order valence-corrected chi connectivity index (χ0v) is 12.1. The molecule has 0 aromatic rings. The third-order valence-electron chi connectivity index (χ3n) is 3.09. The smallest absolute Gasteiger partial charge is 0.129 e. The quantitative estimate of drug-likeness (QED) is 0.686. The van der Waals surface area contributed by atoms with Crippen molar-refractivity contribution in [2.24, 2.45) is 9.98 Å². The summed E-state index contributed by atoms with van der Waals surface area (Å²) in [6.07, 6.45) is 8.96. The lowest BCUT2D eigenvalue weighted by Gasteiger charge is -2.19. The fraction of sp³-hybridized carbons (Fsp3) is 0.733. The summed E-state index contributed by atoms with van der Waals surface area (Å²) in [5.74, 6) is 2.13. The second kappa shape index (κ2) is 8.90. The third-order valence-corrected chi connectivity index (χ3v) is 3.09. The van der Waals surface area contributed by atoms with Crippen molar-refractivity contribution in [1.82, 2.24) is 5.32 Å². The first kappa shape index (κ1) is 14.9. The predicted octanol–water partition coefficient (Wildman–Crippen LogP) is 3.71. The SMILES string of the molecule is CCCCN=C1CC=C(CC)C(=NCCCC)N1. The minimum absolute atomic E-state index is 0.915. The van der Waals surface area contributed by atoms with E-state index in [9.17, 15) is 0 Å². The first-order valence-corrected chi connectivity index (χ1v) is 7.36. The third kappa shape index (κ3) is 5.03. The first-order valence-electron chi connectivity index (χ1n) is 7.36. The second-order valence-electron chi connectivity index (χ2n) is 4.68. The molecule has 1 rings (SSSR count). The van der Waals surface area contributed by atoms with Gasteiger partial charge in [-0.1, -0.05) is 39.7 Å². The zero-order chi connectivity index (χ0) is 13.2. The zero-order valence-electron chi connectivity index (χ0n) is 12.1. The molecular weight excluding hydrogens is 222 g/mol. The van der Waals surface area contributed by atoms with Crippen LogP contribution in [0.25, 0.3) is 0 Å². The molecule has 0 radical (unpaired) electrons. The van der Waals surface area contributed by atoms with Gasteiger partial charge < -0.3 is 5.32 Å². The van der Waals surface area contributed by atoms with Crippen LogP contribution in [-0.2, 0) is 0 Å². The Hall–Kier alpha value is -1.12. The molecule has 0 atom stereocenters. The number of unbranched alkanes of at least 4 members (excludes halogenated alkanes) is 2. The second-order valence-corrected chi connectivity index (χ2v) is 4.68. The molecule has 0 unspecified atom stereocenters. The van der Waals surface area contributed by atoms with Gasteiger partial charge in [0, 0.05) is 19.5 Å². The predicted molar refractivity (Wildman–Crippen MR) is 80.5 cm³/mol. The Bertz CT molecular complexity index is 327. The molecule has 0 aromatic carbocycles. The topological polar surface area (TPSA) is 36.8 Å². The molecule has 0 aromatic heterocycles. The van der Waals surface area contributed by atoms with Crippen LogP contribution in [0.1, 0.15) is 59.3 Å². The molecule has 1 aliphatic heterocycles. The molecule has 18 heavy (non-hydrogen) atoms. The number of amidine groups is 2. The van der Waals surface area contributed by atoms with Crippen molar-refractivity contribution in [3.05, 3.63) is 11.6 Å². The Morgan fingerprint density at radius 3 is 2.33 bits per heavy atom. The maximum atomic E-state index is 4.66. The lowest BCUT2D eigenvalue weighted by Crippen LogP contribution is -2.35. The van der Waals surface area contributed by atoms with Gasteiger partial charge in [0.25, 0.3) is 0 Å². The van der Waals surface area contributed by atoms with E-state index in [0.29, 0.717) is 0 Å². The Morgan fingerprint density at radius 2 is 1.72 bits per heavy atom. The van der Waals surface area contributed by atoms with Crippen molar-refractivity contribution in [1.29, 1.82) is 0 Å². The van der Waals surface area contributed by atoms with E-state index in [1.807, 2.05) is 0 Å². The van der Waals surface area contributed by atoms with Crippen LogP contribution in [0.15, 0.2) is 21.6 Å². The van der Waals surface area contributed by atoms with E-state index in [2.05, 4.69) is 42.1 Å². The molecule has 0 amide bonds. The highest BCUT2D eigenvalue weighted by molar-refractivity contribution is 6.12. The van der Waals surface area contributed by atoms with E-state index in [1.54, 1.807) is 0 Å². The molecule has 0 bridgehead atoms. The van der Waals surface area contributed by atoms with Crippen LogP contribution in [-0.4, -0.2) is 24.8 Å². The Balaban J connectivity index is 2.63. The fourth-order valence-electron chi connectivity index (χ4n) is 1.86. The average molecular weight is 249 g/mol. The van der Waals surface area contributed by atoms with E-state index >= 15 is 0 Å². The Kier molecular flexibility index (Phi) is 7.38. The summed E-state index contributed by atoms with van der Waals surface area (Å²) in [4.78, 5) is 9.26. The van der Waals surface area contributed by atoms with Crippen molar-refractivity contribution in [2.45, 2.75) is 59.3 Å². The van der Waals surface area contributed by atoms with Crippen molar-refractivity contribution >= 4 is 11.7 Å². The highest BCUT2D eigenvalue weighted by Crippen LogP contribution is 2.10. The number of hydrogen-bond donors (Lipinski definition) is 1. The van der Waals surface area contributed by atoms with Gasteiger partial charge in [0.1, 0.15) is 11.7 Å². The molecule has 0 spiro atoms. The minimum atomic E-state index is 0.915. The maximum Gasteiger partial charge on any atom is 0.129 e. The molecular formula is C15H27N3. The van der Waals surface area contributed by atoms with E-state index < -0.39 is 0 Å². The number of nitrogens with zero attached hydrogens (tertiary/aromatic N) is 2.